The zero-order valence-corrected chi connectivity index (χ0v) is 17.4. The van der Waals surface area contributed by atoms with Crippen molar-refractivity contribution in [2.75, 3.05) is 20.6 Å². The molecule has 1 atom stereocenters. The van der Waals surface area contributed by atoms with Crippen molar-refractivity contribution in [3.63, 3.8) is 0 Å². The number of nitrogens with zero attached hydrogens (tertiary/aromatic N) is 1. The van der Waals surface area contributed by atoms with E-state index in [4.69, 9.17) is 0 Å². The molecule has 22 heavy (non-hydrogen) atoms. The highest BCUT2D eigenvalue weighted by atomic mass is 127. The molecule has 0 aromatic rings. The number of aliphatic imine (C=N–C) groups is 1. The van der Waals surface area contributed by atoms with Gasteiger partial charge in [0.25, 0.3) is 0 Å². The number of halogens is 1. The van der Waals surface area contributed by atoms with Gasteiger partial charge >= 0.3 is 0 Å². The Kier molecular flexibility index (Phi) is 14.0. The van der Waals surface area contributed by atoms with E-state index in [0.717, 1.165) is 12.4 Å². The van der Waals surface area contributed by atoms with Crippen LogP contribution >= 0.6 is 24.0 Å². The largest absolute Gasteiger partial charge is 0.359 e. The number of rotatable bonds is 9. The monoisotopic (exact) mass is 426 g/mol. The number of carbonyl (C=O) groups is 1. The van der Waals surface area contributed by atoms with Crippen molar-refractivity contribution >= 4 is 35.8 Å². The van der Waals surface area contributed by atoms with Gasteiger partial charge in [0.1, 0.15) is 0 Å². The topological polar surface area (TPSA) is 65.5 Å². The van der Waals surface area contributed by atoms with Gasteiger partial charge in [0, 0.05) is 26.7 Å². The number of nitrogens with one attached hydrogen (secondary N) is 3. The predicted molar refractivity (Wildman–Crippen MR) is 106 cm³/mol. The summed E-state index contributed by atoms with van der Waals surface area (Å²) in [5.74, 6) is 0.785. The van der Waals surface area contributed by atoms with Gasteiger partial charge in [-0.2, -0.15) is 0 Å². The van der Waals surface area contributed by atoms with Crippen LogP contribution in [-0.4, -0.2) is 38.5 Å². The maximum absolute atomic E-state index is 11.7. The predicted octanol–water partition coefficient (Wildman–Crippen LogP) is 2.90. The maximum atomic E-state index is 11.7. The first-order chi connectivity index (χ1) is 9.87. The van der Waals surface area contributed by atoms with E-state index < -0.39 is 5.41 Å². The summed E-state index contributed by atoms with van der Waals surface area (Å²) in [5.41, 5.74) is -0.462. The summed E-state index contributed by atoms with van der Waals surface area (Å²) in [6.45, 7) is 8.78. The summed E-state index contributed by atoms with van der Waals surface area (Å²) in [6.07, 6.45) is 6.24. The van der Waals surface area contributed by atoms with Crippen LogP contribution in [0.5, 0.6) is 0 Å². The van der Waals surface area contributed by atoms with Crippen molar-refractivity contribution in [1.82, 2.24) is 16.0 Å². The fourth-order valence-electron chi connectivity index (χ4n) is 2.10. The average molecular weight is 426 g/mol. The SMILES string of the molecule is CCCCCCC(C)NC(=NC)NCC(C)(C)C(=O)NC.I. The van der Waals surface area contributed by atoms with Crippen LogP contribution in [0.4, 0.5) is 0 Å². The number of hydrogen-bond donors (Lipinski definition) is 3. The van der Waals surface area contributed by atoms with E-state index in [-0.39, 0.29) is 29.9 Å². The molecule has 3 N–H and O–H groups in total. The summed E-state index contributed by atoms with van der Waals surface area (Å²) in [4.78, 5) is 16.0. The summed E-state index contributed by atoms with van der Waals surface area (Å²) >= 11 is 0. The third kappa shape index (κ3) is 10.2. The van der Waals surface area contributed by atoms with E-state index >= 15 is 0 Å². The lowest BCUT2D eigenvalue weighted by atomic mass is 9.92. The molecule has 5 nitrogen and oxygen atoms in total. The van der Waals surface area contributed by atoms with Crippen LogP contribution in [0.3, 0.4) is 0 Å². The Balaban J connectivity index is 0. The molecule has 0 aromatic carbocycles. The molecule has 132 valence electrons. The Bertz CT molecular complexity index is 332. The summed E-state index contributed by atoms with van der Waals surface area (Å²) in [6, 6.07) is 0.385. The number of carbonyl (C=O) groups excluding carboxylic acids is 1. The lowest BCUT2D eigenvalue weighted by molar-refractivity contribution is -0.128. The minimum atomic E-state index is -0.462. The first-order valence-electron chi connectivity index (χ1n) is 8.06. The van der Waals surface area contributed by atoms with Crippen molar-refractivity contribution < 1.29 is 4.79 Å². The third-order valence-corrected chi connectivity index (χ3v) is 3.64. The molecule has 0 aliphatic heterocycles. The minimum Gasteiger partial charge on any atom is -0.359 e. The van der Waals surface area contributed by atoms with Crippen LogP contribution in [0.25, 0.3) is 0 Å². The molecular formula is C16H35IN4O. The van der Waals surface area contributed by atoms with Crippen LogP contribution in [0.15, 0.2) is 4.99 Å². The van der Waals surface area contributed by atoms with Gasteiger partial charge in [-0.15, -0.1) is 24.0 Å². The molecule has 1 amide bonds. The second-order valence-corrected chi connectivity index (χ2v) is 6.28. The average Bonchev–Trinajstić information content (AvgIpc) is 2.46. The summed E-state index contributed by atoms with van der Waals surface area (Å²) < 4.78 is 0. The van der Waals surface area contributed by atoms with E-state index in [0.29, 0.717) is 12.6 Å². The molecule has 0 radical (unpaired) electrons. The Morgan fingerprint density at radius 2 is 1.86 bits per heavy atom. The van der Waals surface area contributed by atoms with Crippen molar-refractivity contribution in [3.05, 3.63) is 0 Å². The molecular weight excluding hydrogens is 391 g/mol. The Hall–Kier alpha value is -0.530. The van der Waals surface area contributed by atoms with Crippen LogP contribution < -0.4 is 16.0 Å². The minimum absolute atomic E-state index is 0. The van der Waals surface area contributed by atoms with Gasteiger partial charge in [0.2, 0.25) is 5.91 Å². The molecule has 0 saturated heterocycles. The zero-order chi connectivity index (χ0) is 16.3. The summed E-state index contributed by atoms with van der Waals surface area (Å²) in [7, 11) is 3.42. The van der Waals surface area contributed by atoms with E-state index in [1.54, 1.807) is 14.1 Å². The van der Waals surface area contributed by atoms with Crippen molar-refractivity contribution in [2.45, 2.75) is 65.8 Å². The van der Waals surface area contributed by atoms with Crippen LogP contribution in [0.1, 0.15) is 59.8 Å². The highest BCUT2D eigenvalue weighted by molar-refractivity contribution is 14.0. The van der Waals surface area contributed by atoms with Crippen LogP contribution in [0, 0.1) is 5.41 Å². The lowest BCUT2D eigenvalue weighted by Gasteiger charge is -2.25. The smallest absolute Gasteiger partial charge is 0.227 e. The van der Waals surface area contributed by atoms with Crippen molar-refractivity contribution in [3.8, 4) is 0 Å². The molecule has 0 rings (SSSR count). The van der Waals surface area contributed by atoms with Crippen molar-refractivity contribution in [1.29, 1.82) is 0 Å². The van der Waals surface area contributed by atoms with E-state index in [1.807, 2.05) is 13.8 Å². The highest BCUT2D eigenvalue weighted by Crippen LogP contribution is 2.13. The van der Waals surface area contributed by atoms with Crippen LogP contribution in [0.2, 0.25) is 0 Å². The van der Waals surface area contributed by atoms with Gasteiger partial charge in [-0.3, -0.25) is 9.79 Å². The lowest BCUT2D eigenvalue weighted by Crippen LogP contribution is -2.49. The second kappa shape index (κ2) is 13.0. The molecule has 0 heterocycles. The Morgan fingerprint density at radius 1 is 1.23 bits per heavy atom. The molecule has 0 fully saturated rings. The molecule has 1 unspecified atom stereocenters. The normalized spacial score (nSPS) is 13.1. The highest BCUT2D eigenvalue weighted by Gasteiger charge is 2.26. The van der Waals surface area contributed by atoms with Gasteiger partial charge in [-0.05, 0) is 27.2 Å². The third-order valence-electron chi connectivity index (χ3n) is 3.64. The van der Waals surface area contributed by atoms with E-state index in [9.17, 15) is 4.79 Å². The number of guanidine groups is 1. The van der Waals surface area contributed by atoms with Crippen molar-refractivity contribution in [2.24, 2.45) is 10.4 Å². The van der Waals surface area contributed by atoms with Gasteiger partial charge in [0.15, 0.2) is 5.96 Å². The molecule has 0 aliphatic rings. The number of amides is 1. The standard InChI is InChI=1S/C16H34N4O.HI/c1-7-8-9-10-11-13(2)20-15(18-6)19-12-16(3,4)14(21)17-5;/h13H,7-12H2,1-6H3,(H,17,21)(H2,18,19,20);1H. The molecule has 0 aliphatic carbocycles. The van der Waals surface area contributed by atoms with Crippen LogP contribution in [-0.2, 0) is 4.79 Å². The van der Waals surface area contributed by atoms with E-state index in [2.05, 4.69) is 34.8 Å². The fourth-order valence-corrected chi connectivity index (χ4v) is 2.10. The Morgan fingerprint density at radius 3 is 2.36 bits per heavy atom. The molecule has 0 saturated carbocycles. The number of hydrogen-bond acceptors (Lipinski definition) is 2. The molecule has 0 bridgehead atoms. The van der Waals surface area contributed by atoms with E-state index in [1.165, 1.54) is 25.7 Å². The molecule has 6 heteroatoms. The Labute approximate surface area is 153 Å². The second-order valence-electron chi connectivity index (χ2n) is 6.28. The molecule has 0 aromatic heterocycles. The van der Waals surface area contributed by atoms with Gasteiger partial charge in [-0.25, -0.2) is 0 Å². The zero-order valence-electron chi connectivity index (χ0n) is 15.1. The number of unbranched alkanes of at least 4 members (excludes halogenated alkanes) is 3. The molecule has 0 spiro atoms. The first-order valence-corrected chi connectivity index (χ1v) is 8.06. The first kappa shape index (κ1) is 23.7. The van der Waals surface area contributed by atoms with Gasteiger partial charge < -0.3 is 16.0 Å². The fraction of sp³-hybridized carbons (Fsp3) is 0.875. The quantitative estimate of drug-likeness (QED) is 0.230. The van der Waals surface area contributed by atoms with Gasteiger partial charge in [0.05, 0.1) is 5.41 Å². The summed E-state index contributed by atoms with van der Waals surface area (Å²) in [5, 5.41) is 9.30. The maximum Gasteiger partial charge on any atom is 0.227 e. The van der Waals surface area contributed by atoms with Gasteiger partial charge in [-0.1, -0.05) is 32.6 Å².